The van der Waals surface area contributed by atoms with Gasteiger partial charge in [0.1, 0.15) is 5.82 Å². The molecule has 0 bridgehead atoms. The zero-order chi connectivity index (χ0) is 12.0. The minimum atomic E-state index is -0.254. The quantitative estimate of drug-likeness (QED) is 0.774. The summed E-state index contributed by atoms with van der Waals surface area (Å²) >= 11 is 0. The summed E-state index contributed by atoms with van der Waals surface area (Å²) in [7, 11) is 0. The lowest BCUT2D eigenvalue weighted by Crippen LogP contribution is -2.17. The lowest BCUT2D eigenvalue weighted by Gasteiger charge is -2.08. The molecular formula is C13H17FN2. The second-order valence-corrected chi connectivity index (χ2v) is 4.28. The average Bonchev–Trinajstić information content (AvgIpc) is 2.26. The van der Waals surface area contributed by atoms with E-state index in [1.54, 1.807) is 6.07 Å². The Kier molecular flexibility index (Phi) is 4.94. The fourth-order valence-electron chi connectivity index (χ4n) is 1.39. The standard InChI is InChI=1S/C13H17FN2/c1-10(2)5-6-16-9-12-7-11(8-15)3-4-13(12)14/h3-4,7,10,16H,5-6,9H2,1-2H3. The number of rotatable bonds is 5. The molecule has 0 radical (unpaired) electrons. The molecule has 0 heterocycles. The van der Waals surface area contributed by atoms with Gasteiger partial charge < -0.3 is 5.32 Å². The summed E-state index contributed by atoms with van der Waals surface area (Å²) in [6.07, 6.45) is 1.07. The maximum Gasteiger partial charge on any atom is 0.127 e. The number of nitrogens with zero attached hydrogens (tertiary/aromatic N) is 1. The second-order valence-electron chi connectivity index (χ2n) is 4.28. The molecule has 0 aromatic heterocycles. The van der Waals surface area contributed by atoms with Crippen molar-refractivity contribution in [2.45, 2.75) is 26.8 Å². The Balaban J connectivity index is 2.50. The van der Waals surface area contributed by atoms with E-state index in [0.29, 0.717) is 23.6 Å². The lowest BCUT2D eigenvalue weighted by molar-refractivity contribution is 0.527. The maximum atomic E-state index is 13.3. The second kappa shape index (κ2) is 6.24. The number of hydrogen-bond donors (Lipinski definition) is 1. The van der Waals surface area contributed by atoms with Crippen LogP contribution in [0.4, 0.5) is 4.39 Å². The monoisotopic (exact) mass is 220 g/mol. The van der Waals surface area contributed by atoms with E-state index in [-0.39, 0.29) is 5.82 Å². The van der Waals surface area contributed by atoms with E-state index in [0.717, 1.165) is 13.0 Å². The molecule has 1 aromatic rings. The number of nitriles is 1. The third-order valence-electron chi connectivity index (χ3n) is 2.39. The summed E-state index contributed by atoms with van der Waals surface area (Å²) in [4.78, 5) is 0. The highest BCUT2D eigenvalue weighted by Gasteiger charge is 2.03. The molecule has 0 aliphatic heterocycles. The molecule has 16 heavy (non-hydrogen) atoms. The normalized spacial score (nSPS) is 10.4. The van der Waals surface area contributed by atoms with E-state index >= 15 is 0 Å². The first-order valence-electron chi connectivity index (χ1n) is 5.52. The van der Waals surface area contributed by atoms with Gasteiger partial charge in [-0.1, -0.05) is 13.8 Å². The molecule has 1 rings (SSSR count). The van der Waals surface area contributed by atoms with Gasteiger partial charge in [-0.05, 0) is 37.1 Å². The summed E-state index contributed by atoms with van der Waals surface area (Å²) in [6.45, 7) is 5.65. The predicted octanol–water partition coefficient (Wildman–Crippen LogP) is 2.83. The minimum Gasteiger partial charge on any atom is -0.313 e. The molecule has 1 N–H and O–H groups in total. The van der Waals surface area contributed by atoms with E-state index in [2.05, 4.69) is 19.2 Å². The number of hydrogen-bond acceptors (Lipinski definition) is 2. The van der Waals surface area contributed by atoms with E-state index < -0.39 is 0 Å². The van der Waals surface area contributed by atoms with Crippen LogP contribution in [0.15, 0.2) is 18.2 Å². The largest absolute Gasteiger partial charge is 0.313 e. The zero-order valence-corrected chi connectivity index (χ0v) is 9.76. The van der Waals surface area contributed by atoms with Crippen LogP contribution in [-0.4, -0.2) is 6.54 Å². The van der Waals surface area contributed by atoms with Gasteiger partial charge in [-0.2, -0.15) is 5.26 Å². The Morgan fingerprint density at radius 3 is 2.81 bits per heavy atom. The van der Waals surface area contributed by atoms with Gasteiger partial charge in [0.2, 0.25) is 0 Å². The first kappa shape index (κ1) is 12.7. The molecular weight excluding hydrogens is 203 g/mol. The van der Waals surface area contributed by atoms with Crippen molar-refractivity contribution < 1.29 is 4.39 Å². The Hall–Kier alpha value is -1.40. The SMILES string of the molecule is CC(C)CCNCc1cc(C#N)ccc1F. The van der Waals surface area contributed by atoms with Crippen molar-refractivity contribution >= 4 is 0 Å². The van der Waals surface area contributed by atoms with Crippen LogP contribution in [0.5, 0.6) is 0 Å². The molecule has 0 aliphatic carbocycles. The molecule has 1 aromatic carbocycles. The highest BCUT2D eigenvalue weighted by atomic mass is 19.1. The molecule has 0 spiro atoms. The topological polar surface area (TPSA) is 35.8 Å². The molecule has 0 saturated heterocycles. The van der Waals surface area contributed by atoms with Gasteiger partial charge in [0.15, 0.2) is 0 Å². The van der Waals surface area contributed by atoms with Gasteiger partial charge in [-0.25, -0.2) is 4.39 Å². The maximum absolute atomic E-state index is 13.3. The van der Waals surface area contributed by atoms with Crippen molar-refractivity contribution in [3.8, 4) is 6.07 Å². The smallest absolute Gasteiger partial charge is 0.127 e. The van der Waals surface area contributed by atoms with Crippen molar-refractivity contribution in [3.63, 3.8) is 0 Å². The van der Waals surface area contributed by atoms with Gasteiger partial charge in [0, 0.05) is 12.1 Å². The van der Waals surface area contributed by atoms with Crippen LogP contribution in [0.25, 0.3) is 0 Å². The fourth-order valence-corrected chi connectivity index (χ4v) is 1.39. The minimum absolute atomic E-state index is 0.254. The van der Waals surface area contributed by atoms with E-state index in [1.165, 1.54) is 12.1 Å². The number of nitrogens with one attached hydrogen (secondary N) is 1. The molecule has 86 valence electrons. The summed E-state index contributed by atoms with van der Waals surface area (Å²) in [5.41, 5.74) is 1.06. The summed E-state index contributed by atoms with van der Waals surface area (Å²) in [5, 5.41) is 11.9. The summed E-state index contributed by atoms with van der Waals surface area (Å²) in [6, 6.07) is 6.44. The van der Waals surface area contributed by atoms with Crippen LogP contribution in [0.1, 0.15) is 31.4 Å². The van der Waals surface area contributed by atoms with Crippen LogP contribution in [-0.2, 0) is 6.54 Å². The van der Waals surface area contributed by atoms with E-state index in [1.807, 2.05) is 6.07 Å². The molecule has 2 nitrogen and oxygen atoms in total. The first-order chi connectivity index (χ1) is 7.63. The van der Waals surface area contributed by atoms with Crippen LogP contribution in [0, 0.1) is 23.1 Å². The Morgan fingerprint density at radius 2 is 2.19 bits per heavy atom. The molecule has 0 fully saturated rings. The highest BCUT2D eigenvalue weighted by molar-refractivity contribution is 5.33. The van der Waals surface area contributed by atoms with Gasteiger partial charge in [-0.3, -0.25) is 0 Å². The van der Waals surface area contributed by atoms with E-state index in [4.69, 9.17) is 5.26 Å². The van der Waals surface area contributed by atoms with Crippen molar-refractivity contribution in [1.82, 2.24) is 5.32 Å². The third kappa shape index (κ3) is 4.00. The molecule has 0 atom stereocenters. The summed E-state index contributed by atoms with van der Waals surface area (Å²) < 4.78 is 13.3. The molecule has 3 heteroatoms. The molecule has 0 saturated carbocycles. The molecule has 0 unspecified atom stereocenters. The first-order valence-corrected chi connectivity index (χ1v) is 5.52. The lowest BCUT2D eigenvalue weighted by atomic mass is 10.1. The van der Waals surface area contributed by atoms with E-state index in [9.17, 15) is 4.39 Å². The molecule has 0 amide bonds. The Labute approximate surface area is 96.1 Å². The van der Waals surface area contributed by atoms with Gasteiger partial charge >= 0.3 is 0 Å². The van der Waals surface area contributed by atoms with Gasteiger partial charge in [0.05, 0.1) is 11.6 Å². The Morgan fingerprint density at radius 1 is 1.44 bits per heavy atom. The zero-order valence-electron chi connectivity index (χ0n) is 9.76. The fraction of sp³-hybridized carbons (Fsp3) is 0.462. The van der Waals surface area contributed by atoms with Crippen LogP contribution >= 0.6 is 0 Å². The molecule has 0 aliphatic rings. The Bertz CT molecular complexity index is 380. The average molecular weight is 220 g/mol. The number of benzene rings is 1. The predicted molar refractivity (Wildman–Crippen MR) is 62.3 cm³/mol. The van der Waals surface area contributed by atoms with Crippen molar-refractivity contribution in [2.75, 3.05) is 6.54 Å². The van der Waals surface area contributed by atoms with Crippen molar-refractivity contribution in [1.29, 1.82) is 5.26 Å². The third-order valence-corrected chi connectivity index (χ3v) is 2.39. The van der Waals surface area contributed by atoms with Crippen LogP contribution in [0.2, 0.25) is 0 Å². The van der Waals surface area contributed by atoms with Crippen molar-refractivity contribution in [3.05, 3.63) is 35.1 Å². The van der Waals surface area contributed by atoms with Crippen LogP contribution in [0.3, 0.4) is 0 Å². The van der Waals surface area contributed by atoms with Crippen molar-refractivity contribution in [2.24, 2.45) is 5.92 Å². The summed E-state index contributed by atoms with van der Waals surface area (Å²) in [5.74, 6) is 0.388. The van der Waals surface area contributed by atoms with Gasteiger partial charge in [-0.15, -0.1) is 0 Å². The number of halogens is 1. The van der Waals surface area contributed by atoms with Gasteiger partial charge in [0.25, 0.3) is 0 Å². The highest BCUT2D eigenvalue weighted by Crippen LogP contribution is 2.09. The van der Waals surface area contributed by atoms with Crippen LogP contribution < -0.4 is 5.32 Å².